The van der Waals surface area contributed by atoms with Crippen molar-refractivity contribution in [3.8, 4) is 39.8 Å². The van der Waals surface area contributed by atoms with Gasteiger partial charge in [-0.3, -0.25) is 0 Å². The molecule has 7 aromatic rings. The van der Waals surface area contributed by atoms with E-state index in [-0.39, 0.29) is 34.6 Å². The number of phenols is 2. The first-order valence-corrected chi connectivity index (χ1v) is 28.2. The normalized spacial score (nSPS) is 16.9. The van der Waals surface area contributed by atoms with Crippen LogP contribution >= 0.6 is 31.9 Å². The minimum Gasteiger partial charge on any atom is -0.508 e. The summed E-state index contributed by atoms with van der Waals surface area (Å²) >= 11 is 6.40. The topological polar surface area (TPSA) is 141 Å². The van der Waals surface area contributed by atoms with Crippen molar-refractivity contribution in [1.29, 1.82) is 0 Å². The van der Waals surface area contributed by atoms with Gasteiger partial charge < -0.3 is 43.3 Å². The van der Waals surface area contributed by atoms with Gasteiger partial charge in [-0.2, -0.15) is 0 Å². The molecule has 4 aliphatic rings. The third-order valence-corrected chi connectivity index (χ3v) is 17.1. The highest BCUT2D eigenvalue weighted by molar-refractivity contribution is 9.11. The second-order valence-corrected chi connectivity index (χ2v) is 21.9. The fourth-order valence-electron chi connectivity index (χ4n) is 10.8. The Morgan fingerprint density at radius 3 is 1.77 bits per heavy atom. The first-order chi connectivity index (χ1) is 35.7. The highest BCUT2D eigenvalue weighted by atomic mass is 79.9. The number of aromatic hydroxyl groups is 2. The lowest BCUT2D eigenvalue weighted by molar-refractivity contribution is 0.00578. The maximum atomic E-state index is 12.1. The molecule has 2 aromatic heterocycles. The number of H-pyrrole nitrogens is 1. The zero-order valence-corrected chi connectivity index (χ0v) is 46.7. The quantitative estimate of drug-likeness (QED) is 0.0808. The molecule has 0 amide bonds. The molecule has 3 N–H and O–H groups in total. The van der Waals surface area contributed by atoms with E-state index in [2.05, 4.69) is 65.7 Å². The predicted molar refractivity (Wildman–Crippen MR) is 304 cm³/mol. The Balaban J connectivity index is 0.000000147. The average molecular weight is 1130 g/mol. The van der Waals surface area contributed by atoms with Crippen molar-refractivity contribution in [2.45, 2.75) is 121 Å². The molecule has 11 rings (SSSR count). The Labute approximate surface area is 452 Å². The van der Waals surface area contributed by atoms with Gasteiger partial charge in [-0.15, -0.1) is 0 Å². The number of aromatic amines is 1. The molecule has 390 valence electrons. The van der Waals surface area contributed by atoms with Crippen LogP contribution in [0.5, 0.6) is 17.2 Å². The van der Waals surface area contributed by atoms with E-state index in [1.807, 2.05) is 94.4 Å². The summed E-state index contributed by atoms with van der Waals surface area (Å²) in [5.74, 6) is 1.82. The highest BCUT2D eigenvalue weighted by Crippen LogP contribution is 2.48. The van der Waals surface area contributed by atoms with E-state index in [0.717, 1.165) is 69.0 Å². The Morgan fingerprint density at radius 2 is 1.19 bits per heavy atom. The van der Waals surface area contributed by atoms with E-state index in [9.17, 15) is 19.8 Å². The summed E-state index contributed by atoms with van der Waals surface area (Å²) in [5.41, 5.74) is 9.99. The van der Waals surface area contributed by atoms with Crippen molar-refractivity contribution >= 4 is 78.2 Å². The van der Waals surface area contributed by atoms with Crippen LogP contribution in [-0.4, -0.2) is 81.5 Å². The molecular formula is C60H69BBr2N2O9. The Hall–Kier alpha value is -5.54. The van der Waals surface area contributed by atoms with Crippen molar-refractivity contribution in [1.82, 2.24) is 9.55 Å². The van der Waals surface area contributed by atoms with Gasteiger partial charge >= 0.3 is 19.1 Å². The molecule has 0 radical (unpaired) electrons. The number of esters is 2. The number of methoxy groups -OCH3 is 2. The van der Waals surface area contributed by atoms with Crippen LogP contribution in [0.2, 0.25) is 0 Å². The van der Waals surface area contributed by atoms with E-state index in [1.54, 1.807) is 18.2 Å². The molecule has 0 atom stereocenters. The number of phenolic OH excluding ortho intramolecular Hbond substituents is 2. The lowest BCUT2D eigenvalue weighted by Crippen LogP contribution is -2.41. The maximum absolute atomic E-state index is 12.1. The smallest absolute Gasteiger partial charge is 0.498 e. The Bertz CT molecular complexity index is 3040. The zero-order valence-electron chi connectivity index (χ0n) is 43.5. The van der Waals surface area contributed by atoms with E-state index in [4.69, 9.17) is 23.5 Å². The molecule has 3 fully saturated rings. The molecule has 5 aromatic carbocycles. The van der Waals surface area contributed by atoms with Crippen LogP contribution in [0.1, 0.15) is 136 Å². The van der Waals surface area contributed by atoms with Crippen molar-refractivity contribution in [3.05, 3.63) is 131 Å². The maximum Gasteiger partial charge on any atom is 0.498 e. The van der Waals surface area contributed by atoms with Crippen LogP contribution in [0.25, 0.3) is 44.3 Å². The molecule has 0 spiro atoms. The third-order valence-electron chi connectivity index (χ3n) is 15.2. The van der Waals surface area contributed by atoms with Crippen LogP contribution in [0.15, 0.2) is 109 Å². The first kappa shape index (κ1) is 54.7. The SMILES string of the molecule is BrCCBr.CC1(C)OB(c2ccccc2O)OC1(C)C.COC(=O)c1ccc2c(C3CCCCC3)c(-c3ccccc3O)[nH]c2c1.COC(=O)c1ccc2c(C3CCCCC3)c3n(c2c1)CCOc1ccccc1-3. The summed E-state index contributed by atoms with van der Waals surface area (Å²) < 4.78 is 29.9. The number of para-hydroxylation sites is 3. The number of ether oxygens (including phenoxy) is 3. The number of aromatic nitrogens is 2. The largest absolute Gasteiger partial charge is 0.508 e. The van der Waals surface area contributed by atoms with E-state index < -0.39 is 7.12 Å². The number of benzene rings is 5. The van der Waals surface area contributed by atoms with Crippen LogP contribution < -0.4 is 10.2 Å². The summed E-state index contributed by atoms with van der Waals surface area (Å²) in [4.78, 5) is 27.5. The zero-order chi connectivity index (χ0) is 52.6. The minimum absolute atomic E-state index is 0.209. The van der Waals surface area contributed by atoms with Crippen LogP contribution in [-0.2, 0) is 25.3 Å². The summed E-state index contributed by atoms with van der Waals surface area (Å²) in [7, 11) is 2.33. The Morgan fingerprint density at radius 1 is 0.662 bits per heavy atom. The van der Waals surface area contributed by atoms with Gasteiger partial charge in [-0.25, -0.2) is 9.59 Å². The van der Waals surface area contributed by atoms with Gasteiger partial charge in [-0.1, -0.05) is 125 Å². The Kier molecular flexibility index (Phi) is 18.1. The summed E-state index contributed by atoms with van der Waals surface area (Å²) in [6, 6.07) is 34.6. The highest BCUT2D eigenvalue weighted by Gasteiger charge is 2.52. The fourth-order valence-corrected chi connectivity index (χ4v) is 10.8. The van der Waals surface area contributed by atoms with Crippen LogP contribution in [0, 0.1) is 0 Å². The number of nitrogens with zero attached hydrogens (tertiary/aromatic N) is 1. The number of rotatable bonds is 7. The molecule has 1 saturated heterocycles. The number of halogens is 2. The number of carbonyl (C=O) groups is 2. The van der Waals surface area contributed by atoms with Crippen molar-refractivity contribution in [2.24, 2.45) is 0 Å². The average Bonchev–Trinajstić information content (AvgIpc) is 3.98. The number of fused-ring (bicyclic) bond motifs is 6. The minimum atomic E-state index is -0.494. The molecule has 4 heterocycles. The van der Waals surface area contributed by atoms with Gasteiger partial charge in [-0.05, 0) is 131 Å². The van der Waals surface area contributed by atoms with Crippen molar-refractivity contribution in [3.63, 3.8) is 0 Å². The predicted octanol–water partition coefficient (Wildman–Crippen LogP) is 14.4. The lowest BCUT2D eigenvalue weighted by atomic mass is 9.78. The van der Waals surface area contributed by atoms with Gasteiger partial charge in [0.25, 0.3) is 0 Å². The second kappa shape index (κ2) is 24.4. The molecule has 0 unspecified atom stereocenters. The number of hydrogen-bond acceptors (Lipinski definition) is 9. The van der Waals surface area contributed by atoms with Gasteiger partial charge in [0.15, 0.2) is 0 Å². The van der Waals surface area contributed by atoms with Gasteiger partial charge in [0.1, 0.15) is 23.9 Å². The second-order valence-electron chi connectivity index (χ2n) is 20.4. The standard InChI is InChI=1S/C24H25NO3.C22H23NO3.C12H17BO3.C2H4Br2/c1-27-24(26)17-11-12-18-20(15-17)25-13-14-28-21-10-6-5-9-19(21)23(25)22(18)16-7-3-2-4-8-16;1-26-22(25)15-11-12-16-18(13-15)23-21(17-9-5-6-10-19(17)24)20(16)14-7-3-2-4-8-14;1-11(2)12(3,4)16-13(15-11)9-7-5-6-8-10(9)14;3-1-2-4/h5-6,9-12,15-16H,2-4,7-8,13-14H2,1H3;5-6,9-14,23-24H,2-4,7-8H2,1H3;5-8,14H,1-4H3;1-2H2. The number of carbonyl (C=O) groups excluding carboxylic acids is 2. The molecule has 2 aliphatic carbocycles. The third kappa shape index (κ3) is 11.8. The van der Waals surface area contributed by atoms with Gasteiger partial charge in [0.05, 0.1) is 54.5 Å². The fraction of sp³-hybridized carbons (Fsp3) is 0.400. The molecule has 2 saturated carbocycles. The van der Waals surface area contributed by atoms with Gasteiger partial charge in [0.2, 0.25) is 0 Å². The van der Waals surface area contributed by atoms with Crippen molar-refractivity contribution < 1.29 is 43.3 Å². The van der Waals surface area contributed by atoms with E-state index >= 15 is 0 Å². The van der Waals surface area contributed by atoms with E-state index in [0.29, 0.717) is 35.0 Å². The summed E-state index contributed by atoms with van der Waals surface area (Å²) in [6.45, 7) is 9.37. The molecular weight excluding hydrogens is 1060 g/mol. The summed E-state index contributed by atoms with van der Waals surface area (Å²) in [6.07, 6.45) is 12.4. The summed E-state index contributed by atoms with van der Waals surface area (Å²) in [5, 5.41) is 24.6. The van der Waals surface area contributed by atoms with Crippen LogP contribution in [0.3, 0.4) is 0 Å². The molecule has 0 bridgehead atoms. The van der Waals surface area contributed by atoms with E-state index in [1.165, 1.54) is 87.8 Å². The number of alkyl halides is 2. The lowest BCUT2D eigenvalue weighted by Gasteiger charge is -2.32. The van der Waals surface area contributed by atoms with Crippen molar-refractivity contribution in [2.75, 3.05) is 31.5 Å². The molecule has 11 nitrogen and oxygen atoms in total. The number of nitrogens with one attached hydrogen (secondary N) is 1. The number of hydrogen-bond donors (Lipinski definition) is 3. The first-order valence-electron chi connectivity index (χ1n) is 26.0. The van der Waals surface area contributed by atoms with Crippen LogP contribution in [0.4, 0.5) is 0 Å². The molecule has 74 heavy (non-hydrogen) atoms. The van der Waals surface area contributed by atoms with Gasteiger partial charge in [0, 0.05) is 49.1 Å². The monoisotopic (exact) mass is 1130 g/mol. The molecule has 2 aliphatic heterocycles. The molecule has 14 heteroatoms.